The molecule has 0 fully saturated rings. The van der Waals surface area contributed by atoms with E-state index in [0.717, 1.165) is 5.56 Å². The second kappa shape index (κ2) is 8.19. The molecule has 0 unspecified atom stereocenters. The van der Waals surface area contributed by atoms with Crippen LogP contribution in [-0.4, -0.2) is 41.5 Å². The molecule has 2 N–H and O–H groups in total. The largest absolute Gasteiger partial charge is 0.481 e. The highest BCUT2D eigenvalue weighted by Crippen LogP contribution is 2.21. The van der Waals surface area contributed by atoms with Crippen LogP contribution in [0.3, 0.4) is 0 Å². The zero-order valence-corrected chi connectivity index (χ0v) is 15.4. The van der Waals surface area contributed by atoms with Gasteiger partial charge in [0.25, 0.3) is 5.91 Å². The van der Waals surface area contributed by atoms with Crippen molar-refractivity contribution in [2.75, 3.05) is 5.32 Å². The summed E-state index contributed by atoms with van der Waals surface area (Å²) in [5.41, 5.74) is 1.02. The highest BCUT2D eigenvalue weighted by Gasteiger charge is 2.15. The number of rotatable bonds is 7. The van der Waals surface area contributed by atoms with Crippen molar-refractivity contribution in [2.24, 2.45) is 0 Å². The third-order valence-corrected chi connectivity index (χ3v) is 4.18. The van der Waals surface area contributed by atoms with Crippen LogP contribution in [0.5, 0.6) is 0 Å². The van der Waals surface area contributed by atoms with E-state index >= 15 is 0 Å². The van der Waals surface area contributed by atoms with Crippen molar-refractivity contribution in [2.45, 2.75) is 19.5 Å². The number of carboxylic acids is 1. The van der Waals surface area contributed by atoms with Crippen LogP contribution in [0.1, 0.15) is 22.5 Å². The summed E-state index contributed by atoms with van der Waals surface area (Å²) in [6.07, 6.45) is 2.74. The number of aromatic nitrogens is 5. The molecule has 3 rings (SSSR count). The second-order valence-corrected chi connectivity index (χ2v) is 6.38. The maximum Gasteiger partial charge on any atom is 0.305 e. The average Bonchev–Trinajstić information content (AvgIpc) is 3.24. The highest BCUT2D eigenvalue weighted by molar-refractivity contribution is 6.35. The Morgan fingerprint density at radius 2 is 2.04 bits per heavy atom. The van der Waals surface area contributed by atoms with Crippen molar-refractivity contribution in [3.8, 4) is 0 Å². The van der Waals surface area contributed by atoms with Crippen molar-refractivity contribution < 1.29 is 14.7 Å². The van der Waals surface area contributed by atoms with Gasteiger partial charge in [0.15, 0.2) is 0 Å². The van der Waals surface area contributed by atoms with Crippen LogP contribution in [0, 0.1) is 0 Å². The SMILES string of the molecule is O=C(O)CCn1nccc1C(=O)Nc1ncn(Cc2ccc(Cl)cc2Cl)n1. The number of benzene rings is 1. The first kappa shape index (κ1) is 18.9. The molecule has 0 saturated carbocycles. The lowest BCUT2D eigenvalue weighted by Crippen LogP contribution is -2.19. The van der Waals surface area contributed by atoms with Crippen molar-refractivity contribution in [3.05, 3.63) is 58.1 Å². The van der Waals surface area contributed by atoms with Gasteiger partial charge in [-0.15, -0.1) is 5.10 Å². The highest BCUT2D eigenvalue weighted by atomic mass is 35.5. The second-order valence-electron chi connectivity index (χ2n) is 5.54. The lowest BCUT2D eigenvalue weighted by Gasteiger charge is -2.06. The molecule has 0 saturated heterocycles. The fourth-order valence-corrected chi connectivity index (χ4v) is 2.79. The Kier molecular flexibility index (Phi) is 5.72. The predicted molar refractivity (Wildman–Crippen MR) is 98.0 cm³/mol. The standard InChI is InChI=1S/C16H14Cl2N6O3/c17-11-2-1-10(12(18)7-11)8-23-9-19-16(22-23)21-15(27)13-3-5-20-24(13)6-4-14(25)26/h1-3,5,7,9H,4,6,8H2,(H,25,26)(H,21,22,27). The van der Waals surface area contributed by atoms with E-state index in [4.69, 9.17) is 28.3 Å². The molecule has 1 amide bonds. The van der Waals surface area contributed by atoms with Crippen LogP contribution >= 0.6 is 23.2 Å². The summed E-state index contributed by atoms with van der Waals surface area (Å²) in [5, 5.41) is 20.5. The van der Waals surface area contributed by atoms with Gasteiger partial charge in [0.2, 0.25) is 5.95 Å². The summed E-state index contributed by atoms with van der Waals surface area (Å²) in [4.78, 5) is 27.1. The maximum atomic E-state index is 12.4. The molecule has 11 heteroatoms. The summed E-state index contributed by atoms with van der Waals surface area (Å²) in [5.74, 6) is -1.35. The molecule has 2 heterocycles. The maximum absolute atomic E-state index is 12.4. The number of carboxylic acid groups (broad SMARTS) is 1. The number of aryl methyl sites for hydroxylation is 1. The Morgan fingerprint density at radius 1 is 1.22 bits per heavy atom. The summed E-state index contributed by atoms with van der Waals surface area (Å²) in [7, 11) is 0. The van der Waals surface area contributed by atoms with Crippen molar-refractivity contribution in [1.29, 1.82) is 0 Å². The topological polar surface area (TPSA) is 115 Å². The minimum absolute atomic E-state index is 0.0853. The van der Waals surface area contributed by atoms with Crippen molar-refractivity contribution >= 4 is 41.0 Å². The molecular weight excluding hydrogens is 395 g/mol. The van der Waals surface area contributed by atoms with Gasteiger partial charge in [-0.1, -0.05) is 29.3 Å². The fourth-order valence-electron chi connectivity index (χ4n) is 2.32. The first-order valence-corrected chi connectivity index (χ1v) is 8.56. The number of aliphatic carboxylic acids is 1. The first-order valence-electron chi connectivity index (χ1n) is 7.80. The van der Waals surface area contributed by atoms with Crippen LogP contribution in [0.4, 0.5) is 5.95 Å². The molecule has 9 nitrogen and oxygen atoms in total. The molecule has 140 valence electrons. The van der Waals surface area contributed by atoms with E-state index in [9.17, 15) is 9.59 Å². The van der Waals surface area contributed by atoms with Gasteiger partial charge in [-0.2, -0.15) is 5.10 Å². The Bertz CT molecular complexity index is 984. The normalized spacial score (nSPS) is 10.7. The van der Waals surface area contributed by atoms with E-state index in [2.05, 4.69) is 20.5 Å². The fraction of sp³-hybridized carbons (Fsp3) is 0.188. The van der Waals surface area contributed by atoms with E-state index in [1.807, 2.05) is 0 Å². The zero-order chi connectivity index (χ0) is 19.4. The van der Waals surface area contributed by atoms with Crippen LogP contribution in [-0.2, 0) is 17.9 Å². The van der Waals surface area contributed by atoms with E-state index in [-0.39, 0.29) is 24.6 Å². The zero-order valence-electron chi connectivity index (χ0n) is 13.8. The molecule has 0 atom stereocenters. The van der Waals surface area contributed by atoms with Crippen molar-refractivity contribution in [3.63, 3.8) is 0 Å². The molecule has 2 aromatic heterocycles. The number of nitrogens with zero attached hydrogens (tertiary/aromatic N) is 5. The van der Waals surface area contributed by atoms with Crippen LogP contribution < -0.4 is 5.32 Å². The summed E-state index contributed by atoms with van der Waals surface area (Å²) < 4.78 is 2.83. The molecule has 0 spiro atoms. The van der Waals surface area contributed by atoms with Gasteiger partial charge >= 0.3 is 5.97 Å². The molecule has 0 aliphatic heterocycles. The summed E-state index contributed by atoms with van der Waals surface area (Å²) in [6.45, 7) is 0.442. The van der Waals surface area contributed by atoms with E-state index in [1.54, 1.807) is 18.2 Å². The van der Waals surface area contributed by atoms with Gasteiger partial charge < -0.3 is 5.11 Å². The molecular formula is C16H14Cl2N6O3. The van der Waals surface area contributed by atoms with Crippen LogP contribution in [0.25, 0.3) is 0 Å². The minimum Gasteiger partial charge on any atom is -0.481 e. The number of amides is 1. The predicted octanol–water partition coefficient (Wildman–Crippen LogP) is 2.56. The smallest absolute Gasteiger partial charge is 0.305 e. The van der Waals surface area contributed by atoms with E-state index < -0.39 is 11.9 Å². The third kappa shape index (κ3) is 4.83. The Labute approximate surface area is 163 Å². The minimum atomic E-state index is -0.974. The molecule has 27 heavy (non-hydrogen) atoms. The third-order valence-electron chi connectivity index (χ3n) is 3.60. The van der Waals surface area contributed by atoms with Gasteiger partial charge in [-0.05, 0) is 23.8 Å². The molecule has 0 bridgehead atoms. The Hall–Kier alpha value is -2.91. The first-order chi connectivity index (χ1) is 12.9. The van der Waals surface area contributed by atoms with E-state index in [1.165, 1.54) is 28.0 Å². The monoisotopic (exact) mass is 408 g/mol. The molecule has 0 aliphatic rings. The summed E-state index contributed by atoms with van der Waals surface area (Å²) >= 11 is 12.0. The summed E-state index contributed by atoms with van der Waals surface area (Å²) in [6, 6.07) is 6.63. The Balaban J connectivity index is 1.66. The van der Waals surface area contributed by atoms with Gasteiger partial charge in [-0.3, -0.25) is 19.6 Å². The molecule has 3 aromatic rings. The number of nitrogens with one attached hydrogen (secondary N) is 1. The molecule has 0 radical (unpaired) electrons. The van der Waals surface area contributed by atoms with E-state index in [0.29, 0.717) is 16.6 Å². The lowest BCUT2D eigenvalue weighted by atomic mass is 10.2. The average molecular weight is 409 g/mol. The number of hydrogen-bond acceptors (Lipinski definition) is 5. The Morgan fingerprint density at radius 3 is 2.78 bits per heavy atom. The lowest BCUT2D eigenvalue weighted by molar-refractivity contribution is -0.137. The van der Waals surface area contributed by atoms with Gasteiger partial charge in [0.05, 0.1) is 19.5 Å². The van der Waals surface area contributed by atoms with Crippen molar-refractivity contribution in [1.82, 2.24) is 24.5 Å². The number of anilines is 1. The molecule has 0 aliphatic carbocycles. The van der Waals surface area contributed by atoms with Gasteiger partial charge in [0.1, 0.15) is 12.0 Å². The van der Waals surface area contributed by atoms with Gasteiger partial charge in [-0.25, -0.2) is 9.67 Å². The van der Waals surface area contributed by atoms with Gasteiger partial charge in [0, 0.05) is 16.2 Å². The number of hydrogen-bond donors (Lipinski definition) is 2. The molecule has 1 aromatic carbocycles. The number of halogens is 2. The van der Waals surface area contributed by atoms with Crippen LogP contribution in [0.15, 0.2) is 36.8 Å². The quantitative estimate of drug-likeness (QED) is 0.620. The number of carbonyl (C=O) groups excluding carboxylic acids is 1. The number of carbonyl (C=O) groups is 2. The van der Waals surface area contributed by atoms with Crippen LogP contribution in [0.2, 0.25) is 10.0 Å².